The first-order valence-corrected chi connectivity index (χ1v) is 13.0. The Morgan fingerprint density at radius 3 is 2.31 bits per heavy atom. The highest BCUT2D eigenvalue weighted by molar-refractivity contribution is 9.10. The van der Waals surface area contributed by atoms with Gasteiger partial charge >= 0.3 is 0 Å². The molecule has 0 radical (unpaired) electrons. The van der Waals surface area contributed by atoms with Crippen LogP contribution < -0.4 is 5.32 Å². The molecule has 32 heavy (non-hydrogen) atoms. The number of carbonyl (C=O) groups is 1. The number of amides is 1. The Labute approximate surface area is 200 Å². The van der Waals surface area contributed by atoms with Crippen molar-refractivity contribution in [3.63, 3.8) is 0 Å². The number of nitrogens with one attached hydrogen (secondary N) is 1. The Hall–Kier alpha value is -2.14. The Kier molecular flexibility index (Phi) is 10.3. The van der Waals surface area contributed by atoms with Gasteiger partial charge in [-0.25, -0.2) is 4.98 Å². The lowest BCUT2D eigenvalue weighted by atomic mass is 10.1. The lowest BCUT2D eigenvalue weighted by Gasteiger charge is -2.11. The van der Waals surface area contributed by atoms with Gasteiger partial charge in [0.15, 0.2) is 0 Å². The summed E-state index contributed by atoms with van der Waals surface area (Å²) in [5.74, 6) is 0.842. The van der Waals surface area contributed by atoms with E-state index in [9.17, 15) is 4.79 Å². The van der Waals surface area contributed by atoms with Gasteiger partial charge in [-0.05, 0) is 36.8 Å². The Bertz CT molecular complexity index is 982. The summed E-state index contributed by atoms with van der Waals surface area (Å²) >= 11 is 3.43. The molecule has 0 fully saturated rings. The van der Waals surface area contributed by atoms with Crippen LogP contribution >= 0.6 is 15.9 Å². The summed E-state index contributed by atoms with van der Waals surface area (Å²) in [5, 5.41) is 3.04. The molecule has 0 aliphatic heterocycles. The van der Waals surface area contributed by atoms with E-state index in [1.165, 1.54) is 57.8 Å². The van der Waals surface area contributed by atoms with E-state index >= 15 is 0 Å². The molecule has 1 N–H and O–H groups in total. The van der Waals surface area contributed by atoms with Crippen LogP contribution in [0.1, 0.15) is 87.3 Å². The molecule has 1 heterocycles. The summed E-state index contributed by atoms with van der Waals surface area (Å²) in [6.07, 6.45) is 13.3. The molecule has 4 nitrogen and oxygen atoms in total. The monoisotopic (exact) mass is 497 g/mol. The lowest BCUT2D eigenvalue weighted by molar-refractivity contribution is 0.0949. The van der Waals surface area contributed by atoms with Crippen molar-refractivity contribution < 1.29 is 4.79 Å². The zero-order valence-electron chi connectivity index (χ0n) is 19.3. The van der Waals surface area contributed by atoms with Crippen molar-refractivity contribution in [1.82, 2.24) is 14.9 Å². The van der Waals surface area contributed by atoms with Gasteiger partial charge in [-0.3, -0.25) is 4.79 Å². The summed E-state index contributed by atoms with van der Waals surface area (Å²) in [7, 11) is 0. The molecule has 3 rings (SSSR count). The SMILES string of the molecule is CCCCCCCCCCCCn1c(CNC(=O)c2cccc(Br)c2)nc2ccccc21. The number of aryl methyl sites for hydroxylation is 1. The van der Waals surface area contributed by atoms with E-state index in [0.717, 1.165) is 34.3 Å². The maximum absolute atomic E-state index is 12.6. The molecule has 172 valence electrons. The van der Waals surface area contributed by atoms with E-state index in [4.69, 9.17) is 4.98 Å². The third kappa shape index (κ3) is 7.47. The van der Waals surface area contributed by atoms with Crippen LogP contribution in [0.25, 0.3) is 11.0 Å². The van der Waals surface area contributed by atoms with E-state index in [-0.39, 0.29) is 5.91 Å². The van der Waals surface area contributed by atoms with Crippen LogP contribution in [-0.2, 0) is 13.1 Å². The van der Waals surface area contributed by atoms with Gasteiger partial charge in [-0.2, -0.15) is 0 Å². The van der Waals surface area contributed by atoms with Crippen molar-refractivity contribution in [1.29, 1.82) is 0 Å². The molecule has 1 aromatic heterocycles. The average Bonchev–Trinajstić information content (AvgIpc) is 3.16. The maximum atomic E-state index is 12.6. The minimum atomic E-state index is -0.0798. The highest BCUT2D eigenvalue weighted by Gasteiger charge is 2.12. The number of nitrogens with zero attached hydrogens (tertiary/aromatic N) is 2. The molecule has 0 atom stereocenters. The van der Waals surface area contributed by atoms with Gasteiger partial charge in [0.25, 0.3) is 5.91 Å². The van der Waals surface area contributed by atoms with Crippen LogP contribution in [0.2, 0.25) is 0 Å². The summed E-state index contributed by atoms with van der Waals surface area (Å²) in [5.41, 5.74) is 2.79. The van der Waals surface area contributed by atoms with Crippen LogP contribution in [0, 0.1) is 0 Å². The highest BCUT2D eigenvalue weighted by Crippen LogP contribution is 2.18. The molecule has 0 unspecified atom stereocenters. The number of halogens is 1. The van der Waals surface area contributed by atoms with E-state index in [0.29, 0.717) is 12.1 Å². The highest BCUT2D eigenvalue weighted by atomic mass is 79.9. The minimum absolute atomic E-state index is 0.0798. The number of unbranched alkanes of at least 4 members (excludes halogenated alkanes) is 9. The molecule has 0 bridgehead atoms. The molecule has 3 aromatic rings. The van der Waals surface area contributed by atoms with Gasteiger partial charge in [0.1, 0.15) is 5.82 Å². The Morgan fingerprint density at radius 1 is 0.906 bits per heavy atom. The van der Waals surface area contributed by atoms with Crippen molar-refractivity contribution in [3.05, 3.63) is 64.4 Å². The number of imidazole rings is 1. The molecule has 0 saturated heterocycles. The smallest absolute Gasteiger partial charge is 0.251 e. The molecular formula is C27H36BrN3O. The number of carbonyl (C=O) groups excluding carboxylic acids is 1. The average molecular weight is 499 g/mol. The number of hydrogen-bond acceptors (Lipinski definition) is 2. The predicted octanol–water partition coefficient (Wildman–Crippen LogP) is 7.65. The van der Waals surface area contributed by atoms with Crippen molar-refractivity contribution in [2.24, 2.45) is 0 Å². The summed E-state index contributed by atoms with van der Waals surface area (Å²) in [4.78, 5) is 17.4. The normalized spacial score (nSPS) is 11.2. The van der Waals surface area contributed by atoms with E-state index < -0.39 is 0 Å². The number of hydrogen-bond donors (Lipinski definition) is 1. The number of fused-ring (bicyclic) bond motifs is 1. The largest absolute Gasteiger partial charge is 0.345 e. The summed E-state index contributed by atoms with van der Waals surface area (Å²) < 4.78 is 3.18. The third-order valence-corrected chi connectivity index (χ3v) is 6.46. The molecule has 2 aromatic carbocycles. The Balaban J connectivity index is 1.50. The second kappa shape index (κ2) is 13.4. The number of rotatable bonds is 14. The first kappa shape index (κ1) is 24.5. The number of para-hydroxylation sites is 2. The third-order valence-electron chi connectivity index (χ3n) is 5.96. The van der Waals surface area contributed by atoms with E-state index in [1.54, 1.807) is 0 Å². The molecular weight excluding hydrogens is 462 g/mol. The maximum Gasteiger partial charge on any atom is 0.251 e. The molecule has 0 saturated carbocycles. The predicted molar refractivity (Wildman–Crippen MR) is 137 cm³/mol. The van der Waals surface area contributed by atoms with Crippen molar-refractivity contribution in [2.75, 3.05) is 0 Å². The van der Waals surface area contributed by atoms with Crippen LogP contribution in [0.15, 0.2) is 53.0 Å². The van der Waals surface area contributed by atoms with Crippen LogP contribution in [0.4, 0.5) is 0 Å². The second-order valence-electron chi connectivity index (χ2n) is 8.54. The molecule has 0 aliphatic carbocycles. The lowest BCUT2D eigenvalue weighted by Crippen LogP contribution is -2.24. The summed E-state index contributed by atoms with van der Waals surface area (Å²) in [6, 6.07) is 15.7. The summed E-state index contributed by atoms with van der Waals surface area (Å²) in [6.45, 7) is 3.64. The van der Waals surface area contributed by atoms with Crippen molar-refractivity contribution in [2.45, 2.75) is 84.2 Å². The molecule has 0 spiro atoms. The quantitative estimate of drug-likeness (QED) is 0.232. The first-order chi connectivity index (χ1) is 15.7. The second-order valence-corrected chi connectivity index (χ2v) is 9.46. The topological polar surface area (TPSA) is 46.9 Å². The molecule has 5 heteroatoms. The Morgan fingerprint density at radius 2 is 1.59 bits per heavy atom. The van der Waals surface area contributed by atoms with E-state index in [1.807, 2.05) is 36.4 Å². The van der Waals surface area contributed by atoms with Crippen LogP contribution in [-0.4, -0.2) is 15.5 Å². The minimum Gasteiger partial charge on any atom is -0.345 e. The van der Waals surface area contributed by atoms with Crippen molar-refractivity contribution >= 4 is 32.9 Å². The van der Waals surface area contributed by atoms with Gasteiger partial charge < -0.3 is 9.88 Å². The van der Waals surface area contributed by atoms with Gasteiger partial charge in [-0.15, -0.1) is 0 Å². The van der Waals surface area contributed by atoms with Crippen LogP contribution in [0.5, 0.6) is 0 Å². The number of benzene rings is 2. The van der Waals surface area contributed by atoms with Gasteiger partial charge in [0.2, 0.25) is 0 Å². The number of aromatic nitrogens is 2. The first-order valence-electron chi connectivity index (χ1n) is 12.2. The zero-order chi connectivity index (χ0) is 22.6. The zero-order valence-corrected chi connectivity index (χ0v) is 20.9. The fourth-order valence-electron chi connectivity index (χ4n) is 4.16. The standard InChI is InChI=1S/C27H36BrN3O/c1-2-3-4-5-6-7-8-9-10-13-19-31-25-18-12-11-17-24(25)30-26(31)21-29-27(32)22-15-14-16-23(28)20-22/h11-12,14-18,20H,2-10,13,19,21H2,1H3,(H,29,32). The van der Waals surface area contributed by atoms with Gasteiger partial charge in [-0.1, -0.05) is 98.8 Å². The van der Waals surface area contributed by atoms with Crippen LogP contribution in [0.3, 0.4) is 0 Å². The van der Waals surface area contributed by atoms with E-state index in [2.05, 4.69) is 44.9 Å². The van der Waals surface area contributed by atoms with Gasteiger partial charge in [0.05, 0.1) is 17.6 Å². The fourth-order valence-corrected chi connectivity index (χ4v) is 4.56. The van der Waals surface area contributed by atoms with Gasteiger partial charge in [0, 0.05) is 16.6 Å². The molecule has 0 aliphatic rings. The molecule has 1 amide bonds. The van der Waals surface area contributed by atoms with Crippen molar-refractivity contribution in [3.8, 4) is 0 Å². The fraction of sp³-hybridized carbons (Fsp3) is 0.481.